The molecule has 0 saturated heterocycles. The van der Waals surface area contributed by atoms with Crippen LogP contribution in [0.25, 0.3) is 0 Å². The Balaban J connectivity index is 3.14. The predicted octanol–water partition coefficient (Wildman–Crippen LogP) is 1.87. The Labute approximate surface area is 83.4 Å². The third kappa shape index (κ3) is 8.21. The standard InChI is InChI=1S/C8H16ClNOS/c1-7(9)4-3-5-10-8(11)6-12-2/h7H,3-6H2,1-2H3,(H,10,11). The van der Waals surface area contributed by atoms with Crippen molar-refractivity contribution in [2.45, 2.75) is 25.1 Å². The second kappa shape index (κ2) is 7.74. The van der Waals surface area contributed by atoms with Crippen LogP contribution in [-0.2, 0) is 4.79 Å². The van der Waals surface area contributed by atoms with E-state index in [2.05, 4.69) is 5.32 Å². The monoisotopic (exact) mass is 209 g/mol. The van der Waals surface area contributed by atoms with Crippen LogP contribution in [-0.4, -0.2) is 29.8 Å². The van der Waals surface area contributed by atoms with Gasteiger partial charge in [0.1, 0.15) is 0 Å². The van der Waals surface area contributed by atoms with Gasteiger partial charge in [-0.15, -0.1) is 11.6 Å². The highest BCUT2D eigenvalue weighted by Gasteiger charge is 1.99. The van der Waals surface area contributed by atoms with Crippen molar-refractivity contribution in [3.05, 3.63) is 0 Å². The Kier molecular flexibility index (Phi) is 7.81. The minimum absolute atomic E-state index is 0.115. The van der Waals surface area contributed by atoms with Gasteiger partial charge in [-0.05, 0) is 26.0 Å². The molecule has 0 spiro atoms. The van der Waals surface area contributed by atoms with Crippen molar-refractivity contribution in [2.24, 2.45) is 0 Å². The molecule has 1 unspecified atom stereocenters. The second-order valence-corrected chi connectivity index (χ2v) is 4.32. The summed E-state index contributed by atoms with van der Waals surface area (Å²) in [5, 5.41) is 3.03. The largest absolute Gasteiger partial charge is 0.355 e. The van der Waals surface area contributed by atoms with E-state index in [0.717, 1.165) is 19.4 Å². The molecule has 0 aliphatic rings. The van der Waals surface area contributed by atoms with Crippen LogP contribution in [0.5, 0.6) is 0 Å². The lowest BCUT2D eigenvalue weighted by atomic mass is 10.2. The van der Waals surface area contributed by atoms with E-state index in [0.29, 0.717) is 5.75 Å². The van der Waals surface area contributed by atoms with Gasteiger partial charge >= 0.3 is 0 Å². The molecule has 0 saturated carbocycles. The molecule has 0 bridgehead atoms. The summed E-state index contributed by atoms with van der Waals surface area (Å²) in [7, 11) is 0. The summed E-state index contributed by atoms with van der Waals surface area (Å²) < 4.78 is 0. The summed E-state index contributed by atoms with van der Waals surface area (Å²) in [6, 6.07) is 0. The highest BCUT2D eigenvalue weighted by Crippen LogP contribution is 2.02. The lowest BCUT2D eigenvalue weighted by Gasteiger charge is -2.04. The number of thioether (sulfide) groups is 1. The fourth-order valence-electron chi connectivity index (χ4n) is 0.793. The van der Waals surface area contributed by atoms with Gasteiger partial charge in [0.05, 0.1) is 5.75 Å². The molecule has 0 aromatic carbocycles. The van der Waals surface area contributed by atoms with Crippen LogP contribution in [0.3, 0.4) is 0 Å². The van der Waals surface area contributed by atoms with Gasteiger partial charge in [0.2, 0.25) is 5.91 Å². The van der Waals surface area contributed by atoms with Crippen molar-refractivity contribution in [1.29, 1.82) is 0 Å². The van der Waals surface area contributed by atoms with Gasteiger partial charge in [0, 0.05) is 11.9 Å². The van der Waals surface area contributed by atoms with Gasteiger partial charge in [0.15, 0.2) is 0 Å². The Morgan fingerprint density at radius 2 is 2.33 bits per heavy atom. The summed E-state index contributed by atoms with van der Waals surface area (Å²) in [4.78, 5) is 10.9. The van der Waals surface area contributed by atoms with Crippen LogP contribution in [0.1, 0.15) is 19.8 Å². The molecule has 0 fully saturated rings. The Hall–Kier alpha value is 0.110. The number of carbonyl (C=O) groups excluding carboxylic acids is 1. The van der Waals surface area contributed by atoms with E-state index in [1.54, 1.807) is 0 Å². The summed E-state index contributed by atoms with van der Waals surface area (Å²) in [5.74, 6) is 0.667. The van der Waals surface area contributed by atoms with Crippen LogP contribution in [0, 0.1) is 0 Å². The maximum atomic E-state index is 10.9. The molecule has 0 aliphatic heterocycles. The molecule has 0 aromatic rings. The molecule has 0 radical (unpaired) electrons. The van der Waals surface area contributed by atoms with Gasteiger partial charge in [-0.1, -0.05) is 0 Å². The van der Waals surface area contributed by atoms with Crippen molar-refractivity contribution in [3.8, 4) is 0 Å². The predicted molar refractivity (Wildman–Crippen MR) is 55.9 cm³/mol. The Morgan fingerprint density at radius 1 is 1.67 bits per heavy atom. The van der Waals surface area contributed by atoms with Crippen molar-refractivity contribution in [2.75, 3.05) is 18.6 Å². The lowest BCUT2D eigenvalue weighted by molar-refractivity contribution is -0.118. The topological polar surface area (TPSA) is 29.1 Å². The highest BCUT2D eigenvalue weighted by molar-refractivity contribution is 7.99. The summed E-state index contributed by atoms with van der Waals surface area (Å²) >= 11 is 7.27. The number of amides is 1. The normalized spacial score (nSPS) is 12.6. The van der Waals surface area contributed by atoms with Crippen LogP contribution in [0.4, 0.5) is 0 Å². The number of nitrogens with one attached hydrogen (secondary N) is 1. The summed E-state index contributed by atoms with van der Waals surface area (Å²) in [5.41, 5.74) is 0. The van der Waals surface area contributed by atoms with Crippen molar-refractivity contribution >= 4 is 29.3 Å². The van der Waals surface area contributed by atoms with E-state index in [1.807, 2.05) is 13.2 Å². The molecular formula is C8H16ClNOS. The van der Waals surface area contributed by atoms with Crippen molar-refractivity contribution in [1.82, 2.24) is 5.32 Å². The average molecular weight is 210 g/mol. The quantitative estimate of drug-likeness (QED) is 0.535. The van der Waals surface area contributed by atoms with Crippen molar-refractivity contribution < 1.29 is 4.79 Å². The average Bonchev–Trinajstić information content (AvgIpc) is 1.98. The van der Waals surface area contributed by atoms with Crippen molar-refractivity contribution in [3.63, 3.8) is 0 Å². The highest BCUT2D eigenvalue weighted by atomic mass is 35.5. The van der Waals surface area contributed by atoms with E-state index < -0.39 is 0 Å². The first-order valence-electron chi connectivity index (χ1n) is 4.06. The molecule has 2 nitrogen and oxygen atoms in total. The molecule has 72 valence electrons. The molecule has 1 atom stereocenters. The number of alkyl halides is 1. The van der Waals surface area contributed by atoms with Crippen LogP contribution in [0.15, 0.2) is 0 Å². The van der Waals surface area contributed by atoms with Gasteiger partial charge in [-0.25, -0.2) is 0 Å². The smallest absolute Gasteiger partial charge is 0.229 e. The van der Waals surface area contributed by atoms with Crippen LogP contribution >= 0.6 is 23.4 Å². The van der Waals surface area contributed by atoms with Gasteiger partial charge in [-0.3, -0.25) is 4.79 Å². The Morgan fingerprint density at radius 3 is 2.83 bits per heavy atom. The zero-order valence-electron chi connectivity index (χ0n) is 7.60. The number of hydrogen-bond acceptors (Lipinski definition) is 2. The summed E-state index contributed by atoms with van der Waals surface area (Å²) in [6.07, 6.45) is 3.84. The third-order valence-corrected chi connectivity index (χ3v) is 2.15. The first-order valence-corrected chi connectivity index (χ1v) is 5.89. The SMILES string of the molecule is CSCC(=O)NCCCC(C)Cl. The van der Waals surface area contributed by atoms with E-state index in [1.165, 1.54) is 11.8 Å². The van der Waals surface area contributed by atoms with E-state index in [4.69, 9.17) is 11.6 Å². The maximum absolute atomic E-state index is 10.9. The van der Waals surface area contributed by atoms with Gasteiger partial charge < -0.3 is 5.32 Å². The number of rotatable bonds is 6. The zero-order chi connectivity index (χ0) is 9.40. The lowest BCUT2D eigenvalue weighted by Crippen LogP contribution is -2.26. The first-order chi connectivity index (χ1) is 5.66. The van der Waals surface area contributed by atoms with E-state index in [-0.39, 0.29) is 11.3 Å². The molecule has 0 rings (SSSR count). The molecule has 12 heavy (non-hydrogen) atoms. The van der Waals surface area contributed by atoms with Crippen LogP contribution < -0.4 is 5.32 Å². The van der Waals surface area contributed by atoms with E-state index in [9.17, 15) is 4.79 Å². The molecule has 0 heterocycles. The minimum atomic E-state index is 0.115. The van der Waals surface area contributed by atoms with Gasteiger partial charge in [-0.2, -0.15) is 11.8 Å². The van der Waals surface area contributed by atoms with Crippen LogP contribution in [0.2, 0.25) is 0 Å². The molecule has 1 amide bonds. The second-order valence-electron chi connectivity index (χ2n) is 2.71. The van der Waals surface area contributed by atoms with E-state index >= 15 is 0 Å². The molecule has 1 N–H and O–H groups in total. The maximum Gasteiger partial charge on any atom is 0.229 e. The summed E-state index contributed by atoms with van der Waals surface area (Å²) in [6.45, 7) is 2.71. The number of hydrogen-bond donors (Lipinski definition) is 1. The molecule has 4 heteroatoms. The Bertz CT molecular complexity index is 130. The minimum Gasteiger partial charge on any atom is -0.355 e. The fourth-order valence-corrected chi connectivity index (χ4v) is 1.31. The zero-order valence-corrected chi connectivity index (χ0v) is 9.17. The van der Waals surface area contributed by atoms with Gasteiger partial charge in [0.25, 0.3) is 0 Å². The first kappa shape index (κ1) is 12.1. The fraction of sp³-hybridized carbons (Fsp3) is 0.875. The molecular weight excluding hydrogens is 194 g/mol. The molecule has 0 aliphatic carbocycles. The third-order valence-electron chi connectivity index (χ3n) is 1.38. The number of halogens is 1. The number of carbonyl (C=O) groups is 1. The molecule has 0 aromatic heterocycles.